The van der Waals surface area contributed by atoms with E-state index in [9.17, 15) is 4.79 Å². The molecule has 0 aliphatic heterocycles. The molecule has 0 atom stereocenters. The summed E-state index contributed by atoms with van der Waals surface area (Å²) >= 11 is 0. The summed E-state index contributed by atoms with van der Waals surface area (Å²) in [6.45, 7) is 4.27. The standard InChI is InChI=1S/C10H19NO/c1-3-8(4-2)7-9(12)10(11)5-6-10/h8H,3-7,11H2,1-2H3. The van der Waals surface area contributed by atoms with Crippen LogP contribution in [0.3, 0.4) is 0 Å². The second-order valence-electron chi connectivity index (χ2n) is 3.97. The van der Waals surface area contributed by atoms with Crippen molar-refractivity contribution in [3.05, 3.63) is 0 Å². The smallest absolute Gasteiger partial charge is 0.152 e. The Morgan fingerprint density at radius 3 is 2.25 bits per heavy atom. The molecule has 2 heteroatoms. The summed E-state index contributed by atoms with van der Waals surface area (Å²) in [5, 5.41) is 0. The van der Waals surface area contributed by atoms with Crippen LogP contribution in [0.2, 0.25) is 0 Å². The van der Waals surface area contributed by atoms with Gasteiger partial charge in [-0.25, -0.2) is 0 Å². The second-order valence-corrected chi connectivity index (χ2v) is 3.97. The molecule has 1 aliphatic carbocycles. The summed E-state index contributed by atoms with van der Waals surface area (Å²) < 4.78 is 0. The Balaban J connectivity index is 2.34. The fourth-order valence-electron chi connectivity index (χ4n) is 1.46. The molecule has 1 fully saturated rings. The molecule has 0 aromatic heterocycles. The highest BCUT2D eigenvalue weighted by Crippen LogP contribution is 2.35. The molecule has 12 heavy (non-hydrogen) atoms. The van der Waals surface area contributed by atoms with E-state index in [1.165, 1.54) is 0 Å². The molecule has 0 radical (unpaired) electrons. The third kappa shape index (κ3) is 2.07. The number of ketones is 1. The Bertz CT molecular complexity index is 169. The minimum atomic E-state index is -0.400. The van der Waals surface area contributed by atoms with Crippen molar-refractivity contribution in [2.75, 3.05) is 0 Å². The molecule has 2 N–H and O–H groups in total. The van der Waals surface area contributed by atoms with Crippen molar-refractivity contribution >= 4 is 5.78 Å². The van der Waals surface area contributed by atoms with Crippen LogP contribution < -0.4 is 5.73 Å². The van der Waals surface area contributed by atoms with E-state index in [0.29, 0.717) is 12.3 Å². The van der Waals surface area contributed by atoms with Gasteiger partial charge >= 0.3 is 0 Å². The predicted octanol–water partition coefficient (Wildman–Crippen LogP) is 1.87. The maximum atomic E-state index is 11.5. The molecule has 1 rings (SSSR count). The number of carbonyl (C=O) groups excluding carboxylic acids is 1. The first-order chi connectivity index (χ1) is 5.62. The summed E-state index contributed by atoms with van der Waals surface area (Å²) in [5.74, 6) is 0.842. The average molecular weight is 169 g/mol. The van der Waals surface area contributed by atoms with Gasteiger partial charge in [-0.2, -0.15) is 0 Å². The van der Waals surface area contributed by atoms with Gasteiger partial charge in [0.25, 0.3) is 0 Å². The lowest BCUT2D eigenvalue weighted by molar-refractivity contribution is -0.122. The van der Waals surface area contributed by atoms with Crippen LogP contribution in [0.1, 0.15) is 46.0 Å². The molecule has 1 saturated carbocycles. The number of Topliss-reactive ketones (excluding diaryl/α,β-unsaturated/α-hetero) is 1. The Hall–Kier alpha value is -0.370. The van der Waals surface area contributed by atoms with Crippen molar-refractivity contribution in [1.29, 1.82) is 0 Å². The third-order valence-electron chi connectivity index (χ3n) is 2.97. The maximum absolute atomic E-state index is 11.5. The molecule has 70 valence electrons. The molecular formula is C10H19NO. The molecule has 0 aromatic rings. The van der Waals surface area contributed by atoms with E-state index in [0.717, 1.165) is 25.7 Å². The molecule has 0 bridgehead atoms. The van der Waals surface area contributed by atoms with Gasteiger partial charge in [-0.15, -0.1) is 0 Å². The van der Waals surface area contributed by atoms with Gasteiger partial charge in [0, 0.05) is 6.42 Å². The SMILES string of the molecule is CCC(CC)CC(=O)C1(N)CC1. The minimum absolute atomic E-state index is 0.288. The van der Waals surface area contributed by atoms with Gasteiger partial charge in [-0.3, -0.25) is 4.79 Å². The monoisotopic (exact) mass is 169 g/mol. The molecular weight excluding hydrogens is 150 g/mol. The molecule has 2 nitrogen and oxygen atoms in total. The van der Waals surface area contributed by atoms with E-state index in [2.05, 4.69) is 13.8 Å². The van der Waals surface area contributed by atoms with Gasteiger partial charge < -0.3 is 5.73 Å². The fourth-order valence-corrected chi connectivity index (χ4v) is 1.46. The van der Waals surface area contributed by atoms with E-state index in [4.69, 9.17) is 5.73 Å². The van der Waals surface area contributed by atoms with Crippen LogP contribution >= 0.6 is 0 Å². The van der Waals surface area contributed by atoms with E-state index in [1.807, 2.05) is 0 Å². The second kappa shape index (κ2) is 3.56. The highest BCUT2D eigenvalue weighted by molar-refractivity contribution is 5.91. The lowest BCUT2D eigenvalue weighted by Gasteiger charge is -2.13. The topological polar surface area (TPSA) is 43.1 Å². The van der Waals surface area contributed by atoms with E-state index >= 15 is 0 Å². The van der Waals surface area contributed by atoms with Crippen LogP contribution in [0, 0.1) is 5.92 Å². The van der Waals surface area contributed by atoms with Gasteiger partial charge in [0.05, 0.1) is 5.54 Å². The number of hydrogen-bond donors (Lipinski definition) is 1. The van der Waals surface area contributed by atoms with Crippen molar-refractivity contribution in [3.8, 4) is 0 Å². The van der Waals surface area contributed by atoms with E-state index < -0.39 is 5.54 Å². The third-order valence-corrected chi connectivity index (χ3v) is 2.97. The van der Waals surface area contributed by atoms with Gasteiger partial charge in [0.15, 0.2) is 5.78 Å². The fraction of sp³-hybridized carbons (Fsp3) is 0.900. The van der Waals surface area contributed by atoms with Crippen molar-refractivity contribution < 1.29 is 4.79 Å². The van der Waals surface area contributed by atoms with Crippen LogP contribution in [0.25, 0.3) is 0 Å². The van der Waals surface area contributed by atoms with Crippen LogP contribution in [0.15, 0.2) is 0 Å². The number of carbonyl (C=O) groups is 1. The molecule has 1 aliphatic rings. The minimum Gasteiger partial charge on any atom is -0.319 e. The van der Waals surface area contributed by atoms with Crippen LogP contribution in [-0.2, 0) is 4.79 Å². The van der Waals surface area contributed by atoms with Crippen molar-refractivity contribution in [3.63, 3.8) is 0 Å². The van der Waals surface area contributed by atoms with Crippen LogP contribution in [0.5, 0.6) is 0 Å². The van der Waals surface area contributed by atoms with Crippen LogP contribution in [0.4, 0.5) is 0 Å². The van der Waals surface area contributed by atoms with Gasteiger partial charge in [0.1, 0.15) is 0 Å². The normalized spacial score (nSPS) is 19.7. The molecule has 0 unspecified atom stereocenters. The molecule has 0 heterocycles. The highest BCUT2D eigenvalue weighted by Gasteiger charge is 2.45. The van der Waals surface area contributed by atoms with Crippen molar-refractivity contribution in [1.82, 2.24) is 0 Å². The number of hydrogen-bond acceptors (Lipinski definition) is 2. The van der Waals surface area contributed by atoms with Gasteiger partial charge in [0.2, 0.25) is 0 Å². The highest BCUT2D eigenvalue weighted by atomic mass is 16.1. The largest absolute Gasteiger partial charge is 0.319 e. The van der Waals surface area contributed by atoms with Gasteiger partial charge in [-0.1, -0.05) is 26.7 Å². The first-order valence-electron chi connectivity index (χ1n) is 4.94. The maximum Gasteiger partial charge on any atom is 0.152 e. The van der Waals surface area contributed by atoms with E-state index in [-0.39, 0.29) is 5.78 Å². The number of rotatable bonds is 5. The zero-order chi connectivity index (χ0) is 9.19. The summed E-state index contributed by atoms with van der Waals surface area (Å²) in [6, 6.07) is 0. The quantitative estimate of drug-likeness (QED) is 0.682. The summed E-state index contributed by atoms with van der Waals surface area (Å²) in [4.78, 5) is 11.5. The Morgan fingerprint density at radius 2 is 1.92 bits per heavy atom. The van der Waals surface area contributed by atoms with Crippen LogP contribution in [-0.4, -0.2) is 11.3 Å². The van der Waals surface area contributed by atoms with E-state index in [1.54, 1.807) is 0 Å². The average Bonchev–Trinajstić information content (AvgIpc) is 2.80. The molecule has 0 amide bonds. The molecule has 0 aromatic carbocycles. The number of nitrogens with two attached hydrogens (primary N) is 1. The molecule has 0 saturated heterocycles. The lowest BCUT2D eigenvalue weighted by Crippen LogP contribution is -2.33. The Kier molecular flexibility index (Phi) is 2.89. The van der Waals surface area contributed by atoms with Crippen molar-refractivity contribution in [2.45, 2.75) is 51.5 Å². The van der Waals surface area contributed by atoms with Crippen molar-refractivity contribution in [2.24, 2.45) is 11.7 Å². The molecule has 0 spiro atoms. The summed E-state index contributed by atoms with van der Waals surface area (Å²) in [6.07, 6.45) is 4.71. The Morgan fingerprint density at radius 1 is 1.42 bits per heavy atom. The van der Waals surface area contributed by atoms with Gasteiger partial charge in [-0.05, 0) is 18.8 Å². The zero-order valence-electron chi connectivity index (χ0n) is 8.10. The zero-order valence-corrected chi connectivity index (χ0v) is 8.10. The first-order valence-corrected chi connectivity index (χ1v) is 4.94. The lowest BCUT2D eigenvalue weighted by atomic mass is 9.93. The summed E-state index contributed by atoms with van der Waals surface area (Å²) in [5.41, 5.74) is 5.40. The summed E-state index contributed by atoms with van der Waals surface area (Å²) in [7, 11) is 0. The Labute approximate surface area is 74.5 Å². The first kappa shape index (κ1) is 9.72. The predicted molar refractivity (Wildman–Crippen MR) is 49.8 cm³/mol.